The Balaban J connectivity index is 1.72. The average Bonchev–Trinajstić information content (AvgIpc) is 3.25. The Kier molecular flexibility index (Phi) is 6.04. The number of aromatic nitrogens is 4. The summed E-state index contributed by atoms with van der Waals surface area (Å²) in [5.41, 5.74) is 7.24. The van der Waals surface area contributed by atoms with Gasteiger partial charge in [-0.3, -0.25) is 4.57 Å². The maximum atomic E-state index is 13.5. The number of imidazole rings is 1. The number of ether oxygens (including phenoxy) is 1. The van der Waals surface area contributed by atoms with Crippen LogP contribution >= 0.6 is 0 Å². The van der Waals surface area contributed by atoms with Gasteiger partial charge in [0.15, 0.2) is 31.5 Å². The zero-order valence-electron chi connectivity index (χ0n) is 19.4. The van der Waals surface area contributed by atoms with Gasteiger partial charge in [0.2, 0.25) is 0 Å². The van der Waals surface area contributed by atoms with Crippen LogP contribution in [0.4, 0.5) is 10.2 Å². The molecule has 1 aromatic carbocycles. The van der Waals surface area contributed by atoms with E-state index >= 15 is 0 Å². The Hall–Kier alpha value is -2.44. The van der Waals surface area contributed by atoms with Crippen LogP contribution in [-0.4, -0.2) is 63.0 Å². The second-order valence-electron chi connectivity index (χ2n) is 9.86. The minimum Gasteiger partial charge on any atom is -0.414 e. The fourth-order valence-electron chi connectivity index (χ4n) is 3.56. The Labute approximate surface area is 192 Å². The predicted octanol–water partition coefficient (Wildman–Crippen LogP) is 2.86. The third-order valence-corrected chi connectivity index (χ3v) is 11.1. The van der Waals surface area contributed by atoms with Gasteiger partial charge in [-0.25, -0.2) is 19.3 Å². The lowest BCUT2D eigenvalue weighted by atomic mass is 10.1. The van der Waals surface area contributed by atoms with Gasteiger partial charge in [-0.15, -0.1) is 0 Å². The summed E-state index contributed by atoms with van der Waals surface area (Å²) in [6.45, 7) is 10.7. The molecule has 0 unspecified atom stereocenters. The van der Waals surface area contributed by atoms with Crippen LogP contribution in [0.5, 0.6) is 0 Å². The Morgan fingerprint density at radius 1 is 1.15 bits per heavy atom. The fraction of sp³-hybridized carbons (Fsp3) is 0.500. The minimum absolute atomic E-state index is 0.0146. The first kappa shape index (κ1) is 23.7. The number of aliphatic hydroxyl groups is 2. The van der Waals surface area contributed by atoms with Crippen molar-refractivity contribution in [3.05, 3.63) is 36.4 Å². The van der Waals surface area contributed by atoms with Gasteiger partial charge in [-0.05, 0) is 42.4 Å². The highest BCUT2D eigenvalue weighted by molar-refractivity contribution is 6.74. The van der Waals surface area contributed by atoms with Gasteiger partial charge < -0.3 is 25.1 Å². The van der Waals surface area contributed by atoms with Gasteiger partial charge in [0.05, 0.1) is 6.61 Å². The van der Waals surface area contributed by atoms with Gasteiger partial charge in [0.1, 0.15) is 36.3 Å². The Morgan fingerprint density at radius 2 is 1.82 bits per heavy atom. The van der Waals surface area contributed by atoms with Gasteiger partial charge >= 0.3 is 0 Å². The first-order chi connectivity index (χ1) is 15.4. The fourth-order valence-corrected chi connectivity index (χ4v) is 4.57. The van der Waals surface area contributed by atoms with E-state index in [1.165, 1.54) is 18.5 Å². The van der Waals surface area contributed by atoms with E-state index in [0.717, 1.165) is 0 Å². The second-order valence-corrected chi connectivity index (χ2v) is 14.7. The molecule has 3 aromatic rings. The highest BCUT2D eigenvalue weighted by Crippen LogP contribution is 2.39. The van der Waals surface area contributed by atoms with Crippen molar-refractivity contribution < 1.29 is 23.8 Å². The SMILES string of the molecule is CC(C)(C)[Si](C)(C)OC[C@H]1O[C@@H](n2c(-c3ccc(F)cc3)nc3c(N)ncnc32)[C@H](O)[C@@H]1O. The third-order valence-electron chi connectivity index (χ3n) is 6.61. The molecule has 0 amide bonds. The lowest BCUT2D eigenvalue weighted by Gasteiger charge is -2.37. The molecule has 4 atom stereocenters. The quantitative estimate of drug-likeness (QED) is 0.481. The molecular weight excluding hydrogens is 445 g/mol. The molecule has 1 aliphatic heterocycles. The number of aliphatic hydroxyl groups excluding tert-OH is 2. The minimum atomic E-state index is -2.10. The number of rotatable bonds is 5. The molecule has 9 nitrogen and oxygen atoms in total. The maximum absolute atomic E-state index is 13.5. The topological polar surface area (TPSA) is 129 Å². The van der Waals surface area contributed by atoms with E-state index in [9.17, 15) is 14.6 Å². The molecule has 0 saturated carbocycles. The summed E-state index contributed by atoms with van der Waals surface area (Å²) in [6.07, 6.45) is -2.92. The lowest BCUT2D eigenvalue weighted by molar-refractivity contribution is -0.0483. The van der Waals surface area contributed by atoms with Crippen LogP contribution in [0.2, 0.25) is 18.1 Å². The number of fused-ring (bicyclic) bond motifs is 1. The van der Waals surface area contributed by atoms with E-state index in [4.69, 9.17) is 14.9 Å². The Morgan fingerprint density at radius 3 is 2.45 bits per heavy atom. The van der Waals surface area contributed by atoms with Gasteiger partial charge in [0.25, 0.3) is 0 Å². The van der Waals surface area contributed by atoms with Crippen molar-refractivity contribution in [1.29, 1.82) is 0 Å². The Bertz CT molecular complexity index is 1150. The summed E-state index contributed by atoms with van der Waals surface area (Å²) < 4.78 is 27.4. The smallest absolute Gasteiger partial charge is 0.192 e. The molecule has 178 valence electrons. The normalized spacial score (nSPS) is 24.0. The van der Waals surface area contributed by atoms with Gasteiger partial charge in [0, 0.05) is 5.56 Å². The molecule has 1 saturated heterocycles. The lowest BCUT2D eigenvalue weighted by Crippen LogP contribution is -2.44. The number of nitrogens with two attached hydrogens (primary N) is 1. The summed E-state index contributed by atoms with van der Waals surface area (Å²) in [5, 5.41) is 21.7. The number of nitrogen functional groups attached to an aromatic ring is 1. The van der Waals surface area contributed by atoms with Crippen LogP contribution in [0.3, 0.4) is 0 Å². The van der Waals surface area contributed by atoms with Crippen LogP contribution in [0.15, 0.2) is 30.6 Å². The summed E-state index contributed by atoms with van der Waals surface area (Å²) in [5.74, 6) is 0.128. The molecule has 0 aliphatic carbocycles. The van der Waals surface area contributed by atoms with Crippen molar-refractivity contribution in [1.82, 2.24) is 19.5 Å². The van der Waals surface area contributed by atoms with Crippen LogP contribution in [0.1, 0.15) is 27.0 Å². The predicted molar refractivity (Wildman–Crippen MR) is 124 cm³/mol. The maximum Gasteiger partial charge on any atom is 0.192 e. The highest BCUT2D eigenvalue weighted by atomic mass is 28.4. The van der Waals surface area contributed by atoms with E-state index in [-0.39, 0.29) is 17.5 Å². The standard InChI is InChI=1S/C22H30FN5O4Si/c1-22(2,3)33(4,5)31-10-14-16(29)17(30)21(32-14)28-19(12-6-8-13(23)9-7-12)27-15-18(24)25-11-26-20(15)28/h6-9,11,14,16-17,21,29-30H,10H2,1-5H3,(H2,24,25,26)/t14-,16-,17-,21-/m1/s1. The van der Waals surface area contributed by atoms with E-state index in [1.54, 1.807) is 16.7 Å². The monoisotopic (exact) mass is 475 g/mol. The molecule has 0 spiro atoms. The van der Waals surface area contributed by atoms with Gasteiger partial charge in [-0.2, -0.15) is 0 Å². The molecule has 1 aliphatic rings. The first-order valence-corrected chi connectivity index (χ1v) is 13.7. The van der Waals surface area contributed by atoms with Crippen molar-refractivity contribution >= 4 is 25.3 Å². The summed E-state index contributed by atoms with van der Waals surface area (Å²) in [7, 11) is -2.10. The van der Waals surface area contributed by atoms with E-state index in [1.807, 2.05) is 0 Å². The molecule has 0 radical (unpaired) electrons. The zero-order chi connectivity index (χ0) is 24.1. The molecule has 4 N–H and O–H groups in total. The highest BCUT2D eigenvalue weighted by Gasteiger charge is 2.47. The zero-order valence-corrected chi connectivity index (χ0v) is 20.4. The van der Waals surface area contributed by atoms with Crippen molar-refractivity contribution in [2.24, 2.45) is 0 Å². The van der Waals surface area contributed by atoms with E-state index in [2.05, 4.69) is 48.8 Å². The number of benzene rings is 1. The molecule has 33 heavy (non-hydrogen) atoms. The van der Waals surface area contributed by atoms with Crippen LogP contribution in [-0.2, 0) is 9.16 Å². The summed E-state index contributed by atoms with van der Waals surface area (Å²) in [4.78, 5) is 12.8. The third kappa shape index (κ3) is 4.26. The van der Waals surface area contributed by atoms with Crippen LogP contribution in [0.25, 0.3) is 22.6 Å². The average molecular weight is 476 g/mol. The summed E-state index contributed by atoms with van der Waals surface area (Å²) in [6, 6.07) is 5.74. The number of anilines is 1. The van der Waals surface area contributed by atoms with Crippen molar-refractivity contribution in [2.75, 3.05) is 12.3 Å². The summed E-state index contributed by atoms with van der Waals surface area (Å²) >= 11 is 0. The van der Waals surface area contributed by atoms with E-state index in [0.29, 0.717) is 22.6 Å². The van der Waals surface area contributed by atoms with Crippen molar-refractivity contribution in [2.45, 2.75) is 63.4 Å². The number of halogens is 1. The molecule has 2 aromatic heterocycles. The van der Waals surface area contributed by atoms with Crippen molar-refractivity contribution in [3.8, 4) is 11.4 Å². The molecule has 11 heteroatoms. The van der Waals surface area contributed by atoms with Gasteiger partial charge in [-0.1, -0.05) is 20.8 Å². The van der Waals surface area contributed by atoms with Crippen LogP contribution in [0, 0.1) is 5.82 Å². The largest absolute Gasteiger partial charge is 0.414 e. The first-order valence-electron chi connectivity index (χ1n) is 10.8. The number of hydrogen-bond acceptors (Lipinski definition) is 8. The number of nitrogens with zero attached hydrogens (tertiary/aromatic N) is 4. The van der Waals surface area contributed by atoms with Crippen LogP contribution < -0.4 is 5.73 Å². The molecule has 1 fully saturated rings. The number of hydrogen-bond donors (Lipinski definition) is 3. The van der Waals surface area contributed by atoms with E-state index < -0.39 is 38.7 Å². The second kappa shape index (κ2) is 8.40. The molecule has 0 bridgehead atoms. The molecule has 4 rings (SSSR count). The van der Waals surface area contributed by atoms with Crippen molar-refractivity contribution in [3.63, 3.8) is 0 Å². The molecular formula is C22H30FN5O4Si. The molecule has 3 heterocycles.